The molecule has 164 valence electrons. The first-order chi connectivity index (χ1) is 14.3. The van der Waals surface area contributed by atoms with Crippen molar-refractivity contribution in [1.29, 1.82) is 0 Å². The van der Waals surface area contributed by atoms with Gasteiger partial charge in [-0.15, -0.1) is 0 Å². The van der Waals surface area contributed by atoms with Gasteiger partial charge in [0, 0.05) is 11.5 Å². The lowest BCUT2D eigenvalue weighted by atomic mass is 9.65. The summed E-state index contributed by atoms with van der Waals surface area (Å²) < 4.78 is 18.8. The van der Waals surface area contributed by atoms with Crippen LogP contribution in [-0.2, 0) is 14.3 Å². The first-order valence-corrected chi connectivity index (χ1v) is 11.4. The highest BCUT2D eigenvalue weighted by molar-refractivity contribution is 6.07. The van der Waals surface area contributed by atoms with Crippen LogP contribution in [0.15, 0.2) is 29.8 Å². The summed E-state index contributed by atoms with van der Waals surface area (Å²) in [4.78, 5) is 13.0. The Morgan fingerprint density at radius 1 is 1.17 bits per heavy atom. The van der Waals surface area contributed by atoms with Crippen molar-refractivity contribution in [2.24, 2.45) is 5.92 Å². The van der Waals surface area contributed by atoms with Crippen LogP contribution in [0.3, 0.4) is 0 Å². The third-order valence-electron chi connectivity index (χ3n) is 7.48. The van der Waals surface area contributed by atoms with Gasteiger partial charge in [0.15, 0.2) is 5.78 Å². The minimum Gasteiger partial charge on any atom is -0.488 e. The van der Waals surface area contributed by atoms with E-state index in [1.54, 1.807) is 0 Å². The van der Waals surface area contributed by atoms with Crippen LogP contribution in [0.2, 0.25) is 0 Å². The summed E-state index contributed by atoms with van der Waals surface area (Å²) >= 11 is 0. The fourth-order valence-corrected chi connectivity index (χ4v) is 5.41. The van der Waals surface area contributed by atoms with Gasteiger partial charge in [-0.1, -0.05) is 12.1 Å². The number of hydrogen-bond donors (Lipinski definition) is 0. The maximum absolute atomic E-state index is 13.0. The molecule has 0 spiro atoms. The van der Waals surface area contributed by atoms with Crippen molar-refractivity contribution >= 4 is 11.9 Å². The molecule has 1 aromatic carbocycles. The van der Waals surface area contributed by atoms with Gasteiger partial charge in [-0.05, 0) is 64.3 Å². The maximum atomic E-state index is 13.0. The van der Waals surface area contributed by atoms with Crippen molar-refractivity contribution in [2.75, 3.05) is 46.0 Å². The summed E-state index contributed by atoms with van der Waals surface area (Å²) in [5.74, 6) is 1.19. The molecule has 0 radical (unpaired) electrons. The lowest BCUT2D eigenvalue weighted by Gasteiger charge is -2.53. The second-order valence-electron chi connectivity index (χ2n) is 9.81. The zero-order chi connectivity index (χ0) is 21.4. The molecule has 2 unspecified atom stereocenters. The number of benzene rings is 1. The van der Waals surface area contributed by atoms with Crippen molar-refractivity contribution in [3.05, 3.63) is 35.4 Å². The summed E-state index contributed by atoms with van der Waals surface area (Å²) in [6.45, 7) is 15.1. The Kier molecular flexibility index (Phi) is 5.82. The minimum atomic E-state index is -0.676. The highest BCUT2D eigenvalue weighted by Crippen LogP contribution is 2.50. The molecule has 1 aliphatic carbocycles. The molecule has 5 rings (SSSR count). The second-order valence-corrected chi connectivity index (χ2v) is 9.81. The number of likely N-dealkylation sites (N-methyl/N-ethyl adjacent to an activating group) is 1. The van der Waals surface area contributed by atoms with E-state index in [-0.39, 0.29) is 17.3 Å². The van der Waals surface area contributed by atoms with E-state index < -0.39 is 5.60 Å². The molecule has 0 aromatic heterocycles. The van der Waals surface area contributed by atoms with Crippen molar-refractivity contribution in [3.63, 3.8) is 0 Å². The molecule has 4 aliphatic rings. The van der Waals surface area contributed by atoms with Gasteiger partial charge in [0.1, 0.15) is 37.6 Å². The van der Waals surface area contributed by atoms with Crippen LogP contribution in [0.5, 0.6) is 5.75 Å². The summed E-state index contributed by atoms with van der Waals surface area (Å²) in [7, 11) is 0. The fraction of sp³-hybridized carbons (Fsp3) is 0.640. The van der Waals surface area contributed by atoms with E-state index in [9.17, 15) is 4.79 Å². The fourth-order valence-electron chi connectivity index (χ4n) is 5.41. The number of carbonyl (C=O) groups excluding carboxylic acids is 1. The van der Waals surface area contributed by atoms with Crippen LogP contribution in [0.25, 0.3) is 6.08 Å². The molecular formula is C25H36NO4+. The van der Waals surface area contributed by atoms with Gasteiger partial charge in [0.2, 0.25) is 0 Å². The average Bonchev–Trinajstić information content (AvgIpc) is 2.72. The molecule has 5 heteroatoms. The molecule has 30 heavy (non-hydrogen) atoms. The molecule has 4 fully saturated rings. The Hall–Kier alpha value is -1.69. The van der Waals surface area contributed by atoms with E-state index >= 15 is 0 Å². The summed E-state index contributed by atoms with van der Waals surface area (Å²) in [6.07, 6.45) is 3.88. The lowest BCUT2D eigenvalue weighted by molar-refractivity contribution is -0.933. The quantitative estimate of drug-likeness (QED) is 0.524. The van der Waals surface area contributed by atoms with Crippen LogP contribution in [0, 0.1) is 5.92 Å². The largest absolute Gasteiger partial charge is 0.488 e. The number of carbonyl (C=O) groups is 1. The topological polar surface area (TPSA) is 44.8 Å². The van der Waals surface area contributed by atoms with E-state index in [0.717, 1.165) is 73.6 Å². The summed E-state index contributed by atoms with van der Waals surface area (Å²) in [5, 5.41) is 0. The van der Waals surface area contributed by atoms with E-state index in [1.165, 1.54) is 0 Å². The molecule has 3 saturated heterocycles. The normalized spacial score (nSPS) is 31.1. The highest BCUT2D eigenvalue weighted by atomic mass is 16.5. The monoisotopic (exact) mass is 414 g/mol. The van der Waals surface area contributed by atoms with Gasteiger partial charge < -0.3 is 18.7 Å². The predicted molar refractivity (Wildman–Crippen MR) is 117 cm³/mol. The van der Waals surface area contributed by atoms with Crippen molar-refractivity contribution in [1.82, 2.24) is 0 Å². The molecule has 0 N–H and O–H groups in total. The molecule has 0 amide bonds. The average molecular weight is 415 g/mol. The van der Waals surface area contributed by atoms with Crippen molar-refractivity contribution in [2.45, 2.75) is 51.7 Å². The Balaban J connectivity index is 1.41. The van der Waals surface area contributed by atoms with Crippen LogP contribution in [0.1, 0.15) is 46.1 Å². The van der Waals surface area contributed by atoms with Gasteiger partial charge in [-0.25, -0.2) is 0 Å². The van der Waals surface area contributed by atoms with Gasteiger partial charge in [0.05, 0.1) is 25.4 Å². The Labute approximate surface area is 180 Å². The van der Waals surface area contributed by atoms with Gasteiger partial charge in [-0.3, -0.25) is 4.79 Å². The molecule has 1 aromatic rings. The maximum Gasteiger partial charge on any atom is 0.190 e. The molecular weight excluding hydrogens is 378 g/mol. The van der Waals surface area contributed by atoms with Crippen molar-refractivity contribution in [3.8, 4) is 5.75 Å². The van der Waals surface area contributed by atoms with Gasteiger partial charge in [0.25, 0.3) is 0 Å². The van der Waals surface area contributed by atoms with E-state index in [4.69, 9.17) is 14.2 Å². The van der Waals surface area contributed by atoms with E-state index in [0.29, 0.717) is 6.61 Å². The zero-order valence-corrected chi connectivity index (χ0v) is 18.9. The molecule has 5 nitrogen and oxygen atoms in total. The van der Waals surface area contributed by atoms with Crippen molar-refractivity contribution < 1.29 is 23.5 Å². The summed E-state index contributed by atoms with van der Waals surface area (Å²) in [6, 6.07) is 8.12. The summed E-state index contributed by atoms with van der Waals surface area (Å²) in [5.41, 5.74) is 0.983. The first-order valence-electron chi connectivity index (χ1n) is 11.4. The number of quaternary nitrogens is 1. The SMILES string of the molecule is CC[N+]1(CCOc2ccc(/C=C3\C(=O)C4(C)CCC3C(C)(C)O4)cc2)CCOCC1. The number of fused-ring (bicyclic) bond motifs is 3. The Morgan fingerprint density at radius 3 is 2.50 bits per heavy atom. The number of ketones is 1. The minimum absolute atomic E-state index is 0.150. The second kappa shape index (κ2) is 8.10. The molecule has 3 heterocycles. The number of rotatable bonds is 6. The molecule has 2 atom stereocenters. The van der Waals surface area contributed by atoms with Gasteiger partial charge >= 0.3 is 0 Å². The third kappa shape index (κ3) is 4.08. The molecule has 1 saturated carbocycles. The van der Waals surface area contributed by atoms with Gasteiger partial charge in [-0.2, -0.15) is 0 Å². The Morgan fingerprint density at radius 2 is 1.87 bits per heavy atom. The predicted octanol–water partition coefficient (Wildman–Crippen LogP) is 3.86. The molecule has 2 bridgehead atoms. The Bertz CT molecular complexity index is 807. The number of hydrogen-bond acceptors (Lipinski definition) is 4. The number of morpholine rings is 1. The number of nitrogens with zero attached hydrogens (tertiary/aromatic N) is 1. The standard InChI is InChI=1S/C25H36NO4/c1-5-26(12-15-28-16-13-26)14-17-29-20-8-6-19(7-9-20)18-21-22-10-11-25(4,23(21)27)30-24(22,2)3/h6-9,18,22H,5,10-17H2,1-4H3/q+1/b21-18-. The van der Waals surface area contributed by atoms with Crippen LogP contribution in [-0.4, -0.2) is 67.5 Å². The number of Topliss-reactive ketones (excluding diaryl/α,β-unsaturated/α-hetero) is 1. The lowest BCUT2D eigenvalue weighted by Crippen LogP contribution is -2.60. The van der Waals surface area contributed by atoms with Crippen LogP contribution < -0.4 is 4.74 Å². The van der Waals surface area contributed by atoms with E-state index in [1.807, 2.05) is 31.2 Å². The third-order valence-corrected chi connectivity index (χ3v) is 7.48. The van der Waals surface area contributed by atoms with Crippen LogP contribution in [0.4, 0.5) is 0 Å². The van der Waals surface area contributed by atoms with Crippen LogP contribution >= 0.6 is 0 Å². The van der Waals surface area contributed by atoms with E-state index in [2.05, 4.69) is 26.8 Å². The first kappa shape index (κ1) is 21.5. The smallest absolute Gasteiger partial charge is 0.190 e. The number of ether oxygens (including phenoxy) is 3. The zero-order valence-electron chi connectivity index (χ0n) is 18.9. The molecule has 3 aliphatic heterocycles. The highest BCUT2D eigenvalue weighted by Gasteiger charge is 2.56.